The largest absolute Gasteiger partial charge is 0.389 e. The average Bonchev–Trinajstić information content (AvgIpc) is 2.75. The number of urea groups is 1. The van der Waals surface area contributed by atoms with Crippen molar-refractivity contribution in [3.8, 4) is 0 Å². The van der Waals surface area contributed by atoms with E-state index in [9.17, 15) is 9.90 Å². The number of aryl methyl sites for hydroxylation is 2. The Bertz CT molecular complexity index is 617. The van der Waals surface area contributed by atoms with E-state index in [1.165, 1.54) is 0 Å². The maximum atomic E-state index is 11.8. The van der Waals surface area contributed by atoms with E-state index in [-0.39, 0.29) is 6.03 Å². The summed E-state index contributed by atoms with van der Waals surface area (Å²) in [4.78, 5) is 11.8. The van der Waals surface area contributed by atoms with Crippen LogP contribution >= 0.6 is 0 Å². The molecule has 1 unspecified atom stereocenters. The third kappa shape index (κ3) is 4.06. The second-order valence-electron chi connectivity index (χ2n) is 5.02. The normalized spacial score (nSPS) is 12.0. The summed E-state index contributed by atoms with van der Waals surface area (Å²) in [5.41, 5.74) is 3.38. The lowest BCUT2D eigenvalue weighted by atomic mass is 10.1. The van der Waals surface area contributed by atoms with E-state index in [4.69, 9.17) is 0 Å². The summed E-state index contributed by atoms with van der Waals surface area (Å²) in [7, 11) is 1.85. The first-order chi connectivity index (χ1) is 9.95. The summed E-state index contributed by atoms with van der Waals surface area (Å²) in [5, 5.41) is 19.2. The van der Waals surface area contributed by atoms with Crippen molar-refractivity contribution in [3.63, 3.8) is 0 Å². The van der Waals surface area contributed by atoms with Crippen LogP contribution in [0.25, 0.3) is 0 Å². The maximum absolute atomic E-state index is 11.8. The van der Waals surface area contributed by atoms with Crippen molar-refractivity contribution in [1.82, 2.24) is 15.1 Å². The summed E-state index contributed by atoms with van der Waals surface area (Å²) in [6.45, 7) is 4.03. The molecule has 6 heteroatoms. The number of hydrogen-bond acceptors (Lipinski definition) is 3. The molecule has 2 amide bonds. The highest BCUT2D eigenvalue weighted by atomic mass is 16.3. The molecule has 0 aliphatic carbocycles. The molecule has 1 atom stereocenters. The minimum Gasteiger partial charge on any atom is -0.389 e. The van der Waals surface area contributed by atoms with E-state index >= 15 is 0 Å². The molecule has 1 heterocycles. The Balaban J connectivity index is 1.88. The minimum absolute atomic E-state index is 0.275. The van der Waals surface area contributed by atoms with E-state index in [1.54, 1.807) is 35.9 Å². The van der Waals surface area contributed by atoms with Crippen molar-refractivity contribution in [1.29, 1.82) is 0 Å². The van der Waals surface area contributed by atoms with Crippen molar-refractivity contribution in [2.24, 2.45) is 7.05 Å². The van der Waals surface area contributed by atoms with Crippen LogP contribution in [0.5, 0.6) is 0 Å². The number of amides is 2. The summed E-state index contributed by atoms with van der Waals surface area (Å²) >= 11 is 0. The summed E-state index contributed by atoms with van der Waals surface area (Å²) in [6, 6.07) is 6.81. The second kappa shape index (κ2) is 6.41. The molecule has 112 valence electrons. The molecule has 2 rings (SSSR count). The molecule has 1 aromatic heterocycles. The van der Waals surface area contributed by atoms with Crippen LogP contribution < -0.4 is 10.6 Å². The summed E-state index contributed by atoms with van der Waals surface area (Å²) < 4.78 is 1.72. The van der Waals surface area contributed by atoms with Gasteiger partial charge in [-0.25, -0.2) is 4.79 Å². The molecule has 0 bridgehead atoms. The number of aromatic nitrogens is 2. The number of hydrogen-bond donors (Lipinski definition) is 3. The molecular formula is C15H20N4O2. The van der Waals surface area contributed by atoms with Gasteiger partial charge in [0.2, 0.25) is 0 Å². The smallest absolute Gasteiger partial charge is 0.319 e. The predicted molar refractivity (Wildman–Crippen MR) is 80.9 cm³/mol. The zero-order valence-corrected chi connectivity index (χ0v) is 12.4. The van der Waals surface area contributed by atoms with E-state index < -0.39 is 6.10 Å². The fourth-order valence-electron chi connectivity index (χ4n) is 2.02. The average molecular weight is 288 g/mol. The maximum Gasteiger partial charge on any atom is 0.319 e. The van der Waals surface area contributed by atoms with Crippen molar-refractivity contribution < 1.29 is 9.90 Å². The van der Waals surface area contributed by atoms with Gasteiger partial charge in [-0.2, -0.15) is 5.10 Å². The zero-order valence-electron chi connectivity index (χ0n) is 12.4. The lowest BCUT2D eigenvalue weighted by molar-refractivity contribution is 0.199. The van der Waals surface area contributed by atoms with Crippen LogP contribution in [0, 0.1) is 6.92 Å². The van der Waals surface area contributed by atoms with E-state index in [0.29, 0.717) is 12.2 Å². The molecule has 0 saturated heterocycles. The van der Waals surface area contributed by atoms with Gasteiger partial charge in [0.05, 0.1) is 11.8 Å². The Hall–Kier alpha value is -2.34. The van der Waals surface area contributed by atoms with E-state index in [0.717, 1.165) is 16.8 Å². The van der Waals surface area contributed by atoms with Gasteiger partial charge >= 0.3 is 6.03 Å². The monoisotopic (exact) mass is 288 g/mol. The number of anilines is 1. The minimum atomic E-state index is -0.513. The van der Waals surface area contributed by atoms with Crippen LogP contribution in [0.2, 0.25) is 0 Å². The second-order valence-corrected chi connectivity index (χ2v) is 5.02. The van der Waals surface area contributed by atoms with Gasteiger partial charge in [-0.05, 0) is 31.5 Å². The van der Waals surface area contributed by atoms with Gasteiger partial charge in [0.1, 0.15) is 0 Å². The van der Waals surface area contributed by atoms with Crippen LogP contribution in [0.1, 0.15) is 29.8 Å². The van der Waals surface area contributed by atoms with Gasteiger partial charge < -0.3 is 15.7 Å². The molecule has 0 aliphatic heterocycles. The first-order valence-electron chi connectivity index (χ1n) is 6.77. The van der Waals surface area contributed by atoms with Gasteiger partial charge in [-0.1, -0.05) is 12.1 Å². The molecule has 0 spiro atoms. The van der Waals surface area contributed by atoms with Gasteiger partial charge in [0, 0.05) is 31.0 Å². The van der Waals surface area contributed by atoms with Crippen LogP contribution in [0.15, 0.2) is 30.5 Å². The number of aliphatic hydroxyl groups excluding tert-OH is 1. The Morgan fingerprint density at radius 2 is 2.05 bits per heavy atom. The first-order valence-corrected chi connectivity index (χ1v) is 6.77. The van der Waals surface area contributed by atoms with E-state index in [1.807, 2.05) is 20.2 Å². The molecule has 1 aromatic carbocycles. The fraction of sp³-hybridized carbons (Fsp3) is 0.333. The molecule has 0 radical (unpaired) electrons. The van der Waals surface area contributed by atoms with Crippen molar-refractivity contribution in [3.05, 3.63) is 47.3 Å². The third-order valence-electron chi connectivity index (χ3n) is 3.21. The van der Waals surface area contributed by atoms with Crippen LogP contribution in [0.4, 0.5) is 10.5 Å². The van der Waals surface area contributed by atoms with Crippen molar-refractivity contribution >= 4 is 11.7 Å². The first kappa shape index (κ1) is 15.1. The Morgan fingerprint density at radius 3 is 2.57 bits per heavy atom. The topological polar surface area (TPSA) is 79.2 Å². The highest BCUT2D eigenvalue weighted by Crippen LogP contribution is 2.15. The summed E-state index contributed by atoms with van der Waals surface area (Å²) in [5.74, 6) is 0. The van der Waals surface area contributed by atoms with Gasteiger partial charge in [-0.15, -0.1) is 0 Å². The van der Waals surface area contributed by atoms with Crippen molar-refractivity contribution in [2.45, 2.75) is 26.5 Å². The fourth-order valence-corrected chi connectivity index (χ4v) is 2.02. The number of rotatable bonds is 4. The van der Waals surface area contributed by atoms with Crippen LogP contribution in [-0.2, 0) is 13.6 Å². The highest BCUT2D eigenvalue weighted by molar-refractivity contribution is 5.89. The number of benzene rings is 1. The quantitative estimate of drug-likeness (QED) is 0.806. The molecule has 0 aliphatic rings. The molecule has 2 aromatic rings. The van der Waals surface area contributed by atoms with Crippen LogP contribution in [0.3, 0.4) is 0 Å². The number of nitrogens with one attached hydrogen (secondary N) is 2. The number of aliphatic hydroxyl groups is 1. The van der Waals surface area contributed by atoms with Gasteiger partial charge in [-0.3, -0.25) is 4.68 Å². The number of carbonyl (C=O) groups is 1. The molecular weight excluding hydrogens is 268 g/mol. The molecule has 21 heavy (non-hydrogen) atoms. The van der Waals surface area contributed by atoms with Crippen molar-refractivity contribution in [2.75, 3.05) is 5.32 Å². The van der Waals surface area contributed by atoms with E-state index in [2.05, 4.69) is 15.7 Å². The van der Waals surface area contributed by atoms with Gasteiger partial charge in [0.25, 0.3) is 0 Å². The third-order valence-corrected chi connectivity index (χ3v) is 3.21. The SMILES string of the molecule is Cc1nn(C)cc1CNC(=O)Nc1ccc(C(C)O)cc1. The standard InChI is InChI=1S/C15H20N4O2/c1-10-13(9-19(3)18-10)8-16-15(21)17-14-6-4-12(5-7-14)11(2)20/h4-7,9,11,20H,8H2,1-3H3,(H2,16,17,21). The number of nitrogens with zero attached hydrogens (tertiary/aromatic N) is 2. The molecule has 3 N–H and O–H groups in total. The molecule has 6 nitrogen and oxygen atoms in total. The lowest BCUT2D eigenvalue weighted by Gasteiger charge is -2.09. The Kier molecular flexibility index (Phi) is 4.59. The highest BCUT2D eigenvalue weighted by Gasteiger charge is 2.06. The lowest BCUT2D eigenvalue weighted by Crippen LogP contribution is -2.28. The van der Waals surface area contributed by atoms with Gasteiger partial charge in [0.15, 0.2) is 0 Å². The molecule has 0 fully saturated rings. The number of carbonyl (C=O) groups excluding carboxylic acids is 1. The Labute approximate surface area is 123 Å². The summed E-state index contributed by atoms with van der Waals surface area (Å²) in [6.07, 6.45) is 1.37. The predicted octanol–water partition coefficient (Wildman–Crippen LogP) is 2.10. The van der Waals surface area contributed by atoms with Crippen LogP contribution in [-0.4, -0.2) is 20.9 Å². The molecule has 0 saturated carbocycles. The Morgan fingerprint density at radius 1 is 1.38 bits per heavy atom. The zero-order chi connectivity index (χ0) is 15.4.